The van der Waals surface area contributed by atoms with Gasteiger partial charge in [-0.3, -0.25) is 0 Å². The SMILES string of the molecule is Oc1ccc(-c2nocc2-c2ccccc2O)cc1. The third-order valence-corrected chi connectivity index (χ3v) is 2.90. The highest BCUT2D eigenvalue weighted by atomic mass is 16.5. The van der Waals surface area contributed by atoms with Crippen molar-refractivity contribution in [1.82, 2.24) is 5.16 Å². The van der Waals surface area contributed by atoms with E-state index >= 15 is 0 Å². The molecule has 0 aliphatic heterocycles. The zero-order valence-electron chi connectivity index (χ0n) is 9.95. The third kappa shape index (κ3) is 2.04. The Kier molecular flexibility index (Phi) is 2.68. The second-order valence-electron chi connectivity index (χ2n) is 4.14. The van der Waals surface area contributed by atoms with Gasteiger partial charge in [-0.25, -0.2) is 0 Å². The van der Waals surface area contributed by atoms with Crippen LogP contribution in [0.25, 0.3) is 22.4 Å². The maximum Gasteiger partial charge on any atom is 0.132 e. The molecule has 1 aromatic heterocycles. The van der Waals surface area contributed by atoms with E-state index in [-0.39, 0.29) is 11.5 Å². The van der Waals surface area contributed by atoms with Gasteiger partial charge in [-0.1, -0.05) is 23.4 Å². The number of aromatic hydroxyl groups is 2. The largest absolute Gasteiger partial charge is 0.508 e. The molecule has 0 bridgehead atoms. The minimum absolute atomic E-state index is 0.172. The normalized spacial score (nSPS) is 10.5. The summed E-state index contributed by atoms with van der Waals surface area (Å²) in [5, 5.41) is 23.2. The van der Waals surface area contributed by atoms with Crippen LogP contribution in [0.3, 0.4) is 0 Å². The Morgan fingerprint density at radius 3 is 2.32 bits per heavy atom. The first-order chi connectivity index (χ1) is 9.25. The number of para-hydroxylation sites is 1. The van der Waals surface area contributed by atoms with Crippen molar-refractivity contribution in [1.29, 1.82) is 0 Å². The van der Waals surface area contributed by atoms with E-state index < -0.39 is 0 Å². The molecule has 1 heterocycles. The van der Waals surface area contributed by atoms with E-state index in [2.05, 4.69) is 5.16 Å². The van der Waals surface area contributed by atoms with Crippen molar-refractivity contribution in [3.8, 4) is 33.9 Å². The number of nitrogens with zero attached hydrogens (tertiary/aromatic N) is 1. The molecule has 0 atom stereocenters. The van der Waals surface area contributed by atoms with Gasteiger partial charge in [0.15, 0.2) is 0 Å². The molecule has 0 unspecified atom stereocenters. The first-order valence-electron chi connectivity index (χ1n) is 5.78. The van der Waals surface area contributed by atoms with Gasteiger partial charge in [-0.05, 0) is 30.3 Å². The van der Waals surface area contributed by atoms with E-state index in [1.807, 2.05) is 6.07 Å². The molecular weight excluding hydrogens is 242 g/mol. The van der Waals surface area contributed by atoms with E-state index in [4.69, 9.17) is 4.52 Å². The van der Waals surface area contributed by atoms with Crippen molar-refractivity contribution >= 4 is 0 Å². The quantitative estimate of drug-likeness (QED) is 0.734. The van der Waals surface area contributed by atoms with Crippen LogP contribution < -0.4 is 0 Å². The predicted octanol–water partition coefficient (Wildman–Crippen LogP) is 3.42. The molecule has 2 aromatic carbocycles. The van der Waals surface area contributed by atoms with Gasteiger partial charge in [-0.2, -0.15) is 0 Å². The molecule has 0 amide bonds. The summed E-state index contributed by atoms with van der Waals surface area (Å²) < 4.78 is 5.02. The molecule has 3 aromatic rings. The summed E-state index contributed by atoms with van der Waals surface area (Å²) in [6.07, 6.45) is 1.50. The number of aromatic nitrogens is 1. The number of hydrogen-bond donors (Lipinski definition) is 2. The van der Waals surface area contributed by atoms with E-state index in [1.54, 1.807) is 42.5 Å². The summed E-state index contributed by atoms with van der Waals surface area (Å²) in [6.45, 7) is 0. The van der Waals surface area contributed by atoms with E-state index in [0.717, 1.165) is 5.56 Å². The fourth-order valence-electron chi connectivity index (χ4n) is 1.96. The first-order valence-corrected chi connectivity index (χ1v) is 5.78. The topological polar surface area (TPSA) is 66.5 Å². The number of benzene rings is 2. The molecule has 0 saturated carbocycles. The van der Waals surface area contributed by atoms with Crippen LogP contribution in [-0.4, -0.2) is 15.4 Å². The molecule has 0 radical (unpaired) electrons. The molecule has 94 valence electrons. The Bertz CT molecular complexity index is 701. The van der Waals surface area contributed by atoms with Crippen molar-refractivity contribution in [3.63, 3.8) is 0 Å². The fourth-order valence-corrected chi connectivity index (χ4v) is 1.96. The second kappa shape index (κ2) is 4.49. The Morgan fingerprint density at radius 1 is 0.842 bits per heavy atom. The minimum Gasteiger partial charge on any atom is -0.508 e. The van der Waals surface area contributed by atoms with Gasteiger partial charge in [0.25, 0.3) is 0 Å². The monoisotopic (exact) mass is 253 g/mol. The Morgan fingerprint density at radius 2 is 1.58 bits per heavy atom. The van der Waals surface area contributed by atoms with Crippen LogP contribution in [0.4, 0.5) is 0 Å². The van der Waals surface area contributed by atoms with E-state index in [0.29, 0.717) is 16.8 Å². The van der Waals surface area contributed by atoms with E-state index in [9.17, 15) is 10.2 Å². The zero-order valence-corrected chi connectivity index (χ0v) is 9.95. The van der Waals surface area contributed by atoms with Crippen molar-refractivity contribution in [2.24, 2.45) is 0 Å². The summed E-state index contributed by atoms with van der Waals surface area (Å²) in [5.74, 6) is 0.363. The molecule has 0 aliphatic rings. The lowest BCUT2D eigenvalue weighted by Crippen LogP contribution is -1.83. The molecule has 0 saturated heterocycles. The average Bonchev–Trinajstić information content (AvgIpc) is 2.89. The summed E-state index contributed by atoms with van der Waals surface area (Å²) in [7, 11) is 0. The van der Waals surface area contributed by atoms with E-state index in [1.165, 1.54) is 6.26 Å². The highest BCUT2D eigenvalue weighted by Crippen LogP contribution is 2.36. The van der Waals surface area contributed by atoms with Crippen LogP contribution in [0, 0.1) is 0 Å². The van der Waals surface area contributed by atoms with Crippen LogP contribution in [0.1, 0.15) is 0 Å². The third-order valence-electron chi connectivity index (χ3n) is 2.90. The molecular formula is C15H11NO3. The maximum absolute atomic E-state index is 9.89. The lowest BCUT2D eigenvalue weighted by Gasteiger charge is -2.04. The lowest BCUT2D eigenvalue weighted by molar-refractivity contribution is 0.422. The van der Waals surface area contributed by atoms with Crippen LogP contribution in [0.2, 0.25) is 0 Å². The van der Waals surface area contributed by atoms with Gasteiger partial charge in [0.1, 0.15) is 23.5 Å². The molecule has 4 nitrogen and oxygen atoms in total. The Labute approximate surface area is 109 Å². The van der Waals surface area contributed by atoms with Gasteiger partial charge >= 0.3 is 0 Å². The standard InChI is InChI=1S/C15H11NO3/c17-11-7-5-10(6-8-11)15-13(9-19-16-15)12-3-1-2-4-14(12)18/h1-9,17-18H. The molecule has 2 N–H and O–H groups in total. The number of rotatable bonds is 2. The van der Waals surface area contributed by atoms with Gasteiger partial charge in [-0.15, -0.1) is 0 Å². The Hall–Kier alpha value is -2.75. The van der Waals surface area contributed by atoms with Crippen LogP contribution >= 0.6 is 0 Å². The van der Waals surface area contributed by atoms with Crippen LogP contribution in [0.15, 0.2) is 59.3 Å². The lowest BCUT2D eigenvalue weighted by atomic mass is 10.0. The van der Waals surface area contributed by atoms with Gasteiger partial charge in [0, 0.05) is 11.1 Å². The Balaban J connectivity index is 2.13. The van der Waals surface area contributed by atoms with Crippen molar-refractivity contribution in [2.45, 2.75) is 0 Å². The fraction of sp³-hybridized carbons (Fsp3) is 0. The summed E-state index contributed by atoms with van der Waals surface area (Å²) in [4.78, 5) is 0. The minimum atomic E-state index is 0.172. The molecule has 3 rings (SSSR count). The molecule has 19 heavy (non-hydrogen) atoms. The molecule has 0 aliphatic carbocycles. The zero-order chi connectivity index (χ0) is 13.2. The first kappa shape index (κ1) is 11.3. The average molecular weight is 253 g/mol. The van der Waals surface area contributed by atoms with Gasteiger partial charge < -0.3 is 14.7 Å². The van der Waals surface area contributed by atoms with Crippen molar-refractivity contribution in [2.75, 3.05) is 0 Å². The summed E-state index contributed by atoms with van der Waals surface area (Å²) >= 11 is 0. The number of phenols is 2. The van der Waals surface area contributed by atoms with Crippen molar-refractivity contribution in [3.05, 3.63) is 54.8 Å². The highest BCUT2D eigenvalue weighted by molar-refractivity contribution is 5.82. The van der Waals surface area contributed by atoms with Crippen LogP contribution in [-0.2, 0) is 0 Å². The summed E-state index contributed by atoms with van der Waals surface area (Å²) in [6, 6.07) is 13.7. The molecule has 0 fully saturated rings. The smallest absolute Gasteiger partial charge is 0.132 e. The van der Waals surface area contributed by atoms with Gasteiger partial charge in [0.05, 0.1) is 5.56 Å². The molecule has 4 heteroatoms. The molecule has 0 spiro atoms. The number of hydrogen-bond acceptors (Lipinski definition) is 4. The predicted molar refractivity (Wildman–Crippen MR) is 70.7 cm³/mol. The maximum atomic E-state index is 9.89. The summed E-state index contributed by atoms with van der Waals surface area (Å²) in [5.41, 5.74) is 2.81. The van der Waals surface area contributed by atoms with Crippen LogP contribution in [0.5, 0.6) is 11.5 Å². The highest BCUT2D eigenvalue weighted by Gasteiger charge is 2.14. The van der Waals surface area contributed by atoms with Crippen molar-refractivity contribution < 1.29 is 14.7 Å². The van der Waals surface area contributed by atoms with Gasteiger partial charge in [0.2, 0.25) is 0 Å². The number of phenolic OH excluding ortho intramolecular Hbond substituents is 2. The second-order valence-corrected chi connectivity index (χ2v) is 4.14.